The average Bonchev–Trinajstić information content (AvgIpc) is 3.22. The fraction of sp³-hybridized carbons (Fsp3) is 0.500. The third-order valence-corrected chi connectivity index (χ3v) is 7.49. The Morgan fingerprint density at radius 1 is 1.07 bits per heavy atom. The van der Waals surface area contributed by atoms with Crippen molar-refractivity contribution in [3.8, 4) is 5.75 Å². The van der Waals surface area contributed by atoms with E-state index in [0.717, 1.165) is 0 Å². The summed E-state index contributed by atoms with van der Waals surface area (Å²) in [6.07, 6.45) is 5.32. The van der Waals surface area contributed by atoms with E-state index in [0.29, 0.717) is 60.4 Å². The van der Waals surface area contributed by atoms with Crippen molar-refractivity contribution in [1.82, 2.24) is 0 Å². The molecule has 3 N–H and O–H groups in total. The molecule has 10 nitrogen and oxygen atoms in total. The normalized spacial score (nSPS) is 21.1. The molecule has 2 aromatic rings. The van der Waals surface area contributed by atoms with Gasteiger partial charge in [0.2, 0.25) is 0 Å². The minimum atomic E-state index is -0.864. The van der Waals surface area contributed by atoms with E-state index in [2.05, 4.69) is 4.84 Å². The Balaban J connectivity index is 1.34. The highest BCUT2D eigenvalue weighted by Crippen LogP contribution is 2.38. The molecule has 1 aliphatic carbocycles. The molecule has 224 valence electrons. The van der Waals surface area contributed by atoms with Gasteiger partial charge in [-0.3, -0.25) is 4.79 Å². The molecule has 0 aromatic heterocycles. The van der Waals surface area contributed by atoms with E-state index >= 15 is 0 Å². The van der Waals surface area contributed by atoms with Gasteiger partial charge < -0.3 is 29.6 Å². The first-order valence-corrected chi connectivity index (χ1v) is 14.2. The lowest BCUT2D eigenvalue weighted by molar-refractivity contribution is -0.763. The van der Waals surface area contributed by atoms with Crippen molar-refractivity contribution in [3.05, 3.63) is 86.9 Å². The number of halogens is 1. The van der Waals surface area contributed by atoms with Gasteiger partial charge in [0.15, 0.2) is 0 Å². The van der Waals surface area contributed by atoms with Gasteiger partial charge in [-0.1, -0.05) is 54.1 Å². The molecule has 2 aromatic carbocycles. The van der Waals surface area contributed by atoms with Crippen LogP contribution in [0.3, 0.4) is 0 Å². The van der Waals surface area contributed by atoms with E-state index in [1.807, 2.05) is 12.2 Å². The van der Waals surface area contributed by atoms with Gasteiger partial charge >= 0.3 is 5.97 Å². The molecule has 0 spiro atoms. The van der Waals surface area contributed by atoms with Gasteiger partial charge in [-0.25, -0.2) is 0 Å². The lowest BCUT2D eigenvalue weighted by Gasteiger charge is -2.23. The number of esters is 1. The molecule has 0 heterocycles. The smallest absolute Gasteiger partial charge is 0.306 e. The van der Waals surface area contributed by atoms with Crippen LogP contribution in [0.2, 0.25) is 5.02 Å². The maximum Gasteiger partial charge on any atom is 0.306 e. The zero-order valence-electron chi connectivity index (χ0n) is 22.8. The Bertz CT molecular complexity index is 1140. The largest absolute Gasteiger partial charge is 0.491 e. The van der Waals surface area contributed by atoms with Gasteiger partial charge in [-0.05, 0) is 79.7 Å². The first-order valence-electron chi connectivity index (χ1n) is 13.8. The first-order chi connectivity index (χ1) is 19.7. The van der Waals surface area contributed by atoms with E-state index in [1.54, 1.807) is 48.5 Å². The Morgan fingerprint density at radius 2 is 1.80 bits per heavy atom. The Labute approximate surface area is 244 Å². The monoisotopic (exact) mass is 591 g/mol. The third-order valence-electron chi connectivity index (χ3n) is 7.25. The topological polar surface area (TPSA) is 149 Å². The number of aliphatic hydroxyl groups excluding tert-OH is 3. The Hall–Kier alpha value is -3.18. The molecule has 0 amide bonds. The van der Waals surface area contributed by atoms with E-state index < -0.39 is 23.4 Å². The molecule has 0 aliphatic heterocycles. The molecular weight excluding hydrogens is 554 g/mol. The molecule has 1 fully saturated rings. The number of unbranched alkanes of at least 4 members (excludes halogenated alkanes) is 1. The van der Waals surface area contributed by atoms with Gasteiger partial charge in [-0.15, -0.1) is 10.1 Å². The lowest BCUT2D eigenvalue weighted by atomic mass is 9.86. The number of allylic oxidation sites excluding steroid dienone is 2. The summed E-state index contributed by atoms with van der Waals surface area (Å²) in [5.41, 5.74) is 1.23. The van der Waals surface area contributed by atoms with Crippen molar-refractivity contribution in [2.24, 2.45) is 11.8 Å². The van der Waals surface area contributed by atoms with E-state index in [9.17, 15) is 30.2 Å². The molecule has 5 atom stereocenters. The molecule has 1 aliphatic rings. The molecule has 41 heavy (non-hydrogen) atoms. The number of nitrogens with zero attached hydrogens (tertiary/aromatic N) is 1. The van der Waals surface area contributed by atoms with Crippen LogP contribution in [-0.4, -0.2) is 51.3 Å². The second-order valence-electron chi connectivity index (χ2n) is 10.2. The van der Waals surface area contributed by atoms with E-state index in [1.165, 1.54) is 0 Å². The van der Waals surface area contributed by atoms with Crippen LogP contribution in [0.4, 0.5) is 0 Å². The number of ether oxygens (including phenoxy) is 2. The molecule has 0 radical (unpaired) electrons. The van der Waals surface area contributed by atoms with E-state index in [4.69, 9.17) is 21.1 Å². The van der Waals surface area contributed by atoms with Crippen LogP contribution in [0, 0.1) is 22.0 Å². The van der Waals surface area contributed by atoms with Crippen molar-refractivity contribution in [2.45, 2.75) is 76.5 Å². The van der Waals surface area contributed by atoms with Crippen molar-refractivity contribution < 1.29 is 39.5 Å². The van der Waals surface area contributed by atoms with Gasteiger partial charge in [-0.2, -0.15) is 0 Å². The second-order valence-corrected chi connectivity index (χ2v) is 10.7. The first kappa shape index (κ1) is 32.3. The van der Waals surface area contributed by atoms with Gasteiger partial charge in [0.05, 0.1) is 18.3 Å². The zero-order chi connectivity index (χ0) is 29.6. The predicted octanol–water partition coefficient (Wildman–Crippen LogP) is 4.79. The van der Waals surface area contributed by atoms with Gasteiger partial charge in [0, 0.05) is 11.4 Å². The fourth-order valence-electron chi connectivity index (χ4n) is 5.05. The predicted molar refractivity (Wildman–Crippen MR) is 151 cm³/mol. The van der Waals surface area contributed by atoms with Crippen LogP contribution in [0.15, 0.2) is 60.7 Å². The number of aliphatic hydroxyl groups is 3. The lowest BCUT2D eigenvalue weighted by Crippen LogP contribution is -2.25. The molecule has 11 heteroatoms. The minimum absolute atomic E-state index is 0.0105. The fourth-order valence-corrected chi connectivity index (χ4v) is 5.23. The Kier molecular flexibility index (Phi) is 13.4. The molecular formula is C30H38ClNO9. The highest BCUT2D eigenvalue weighted by molar-refractivity contribution is 6.30. The molecule has 0 saturated heterocycles. The van der Waals surface area contributed by atoms with Crippen LogP contribution in [-0.2, 0) is 27.6 Å². The number of hydrogen-bond donors (Lipinski definition) is 3. The highest BCUT2D eigenvalue weighted by atomic mass is 35.5. The Morgan fingerprint density at radius 3 is 2.54 bits per heavy atom. The summed E-state index contributed by atoms with van der Waals surface area (Å²) in [5.74, 6) is -0.0406. The summed E-state index contributed by atoms with van der Waals surface area (Å²) in [6.45, 7) is -0.0874. The van der Waals surface area contributed by atoms with Gasteiger partial charge in [0.1, 0.15) is 25.6 Å². The zero-order valence-corrected chi connectivity index (χ0v) is 23.6. The van der Waals surface area contributed by atoms with Crippen molar-refractivity contribution >= 4 is 17.6 Å². The summed E-state index contributed by atoms with van der Waals surface area (Å²) in [6, 6.07) is 13.9. The molecule has 1 saturated carbocycles. The number of carbonyl (C=O) groups excluding carboxylic acids is 1. The number of benzene rings is 2. The summed E-state index contributed by atoms with van der Waals surface area (Å²) in [5, 5.41) is 41.5. The van der Waals surface area contributed by atoms with E-state index in [-0.39, 0.29) is 44.0 Å². The van der Waals surface area contributed by atoms with Crippen molar-refractivity contribution in [1.29, 1.82) is 0 Å². The molecule has 0 bridgehead atoms. The molecule has 3 rings (SSSR count). The number of hydrogen-bond acceptors (Lipinski definition) is 9. The minimum Gasteiger partial charge on any atom is -0.491 e. The van der Waals surface area contributed by atoms with Crippen molar-refractivity contribution in [2.75, 3.05) is 6.61 Å². The summed E-state index contributed by atoms with van der Waals surface area (Å²) in [4.78, 5) is 27.0. The van der Waals surface area contributed by atoms with Crippen LogP contribution < -0.4 is 4.74 Å². The van der Waals surface area contributed by atoms with Crippen LogP contribution in [0.1, 0.15) is 56.1 Å². The maximum absolute atomic E-state index is 12.1. The molecule has 0 unspecified atom stereocenters. The third kappa shape index (κ3) is 11.3. The van der Waals surface area contributed by atoms with Crippen molar-refractivity contribution in [3.63, 3.8) is 0 Å². The van der Waals surface area contributed by atoms with Gasteiger partial charge in [0.25, 0.3) is 5.09 Å². The van der Waals surface area contributed by atoms with Crippen LogP contribution in [0.25, 0.3) is 0 Å². The number of rotatable bonds is 17. The summed E-state index contributed by atoms with van der Waals surface area (Å²) in [7, 11) is 0. The van der Waals surface area contributed by atoms with Crippen LogP contribution >= 0.6 is 11.6 Å². The SMILES string of the molecule is O=C(CCC/C=C\C[C@@H]1[C@@H](CC[C@@H](O)COc2cccc(Cl)c2)[C@H](O)C[C@@H]1O)OCc1ccccc1CO[N+](=O)[O-]. The average molecular weight is 592 g/mol. The summed E-state index contributed by atoms with van der Waals surface area (Å²) >= 11 is 5.95. The van der Waals surface area contributed by atoms with Crippen LogP contribution in [0.5, 0.6) is 5.75 Å². The quantitative estimate of drug-likeness (QED) is 0.0776. The summed E-state index contributed by atoms with van der Waals surface area (Å²) < 4.78 is 10.9. The number of carbonyl (C=O) groups is 1. The standard InChI is InChI=1S/C30H38ClNO9/c31-23-10-7-11-25(16-23)39-20-24(33)14-15-27-26(28(34)17-29(27)35)12-3-1-2-4-13-30(36)40-18-21-8-5-6-9-22(21)19-41-32(37)38/h1,3,5-11,16,24,26-29,33-35H,2,4,12-15,17-20H2/b3-1-/t24-,26-,27-,28+,29-/m1/s1. The maximum atomic E-state index is 12.1. The highest BCUT2D eigenvalue weighted by Gasteiger charge is 2.40. The second kappa shape index (κ2) is 16.9.